The number of rotatable bonds is 5. The predicted octanol–water partition coefficient (Wildman–Crippen LogP) is 0.932. The van der Waals surface area contributed by atoms with Crippen LogP contribution in [0.25, 0.3) is 0 Å². The van der Waals surface area contributed by atoms with Crippen LogP contribution in [0.1, 0.15) is 23.9 Å². The lowest BCUT2D eigenvalue weighted by molar-refractivity contribution is 0.384. The van der Waals surface area contributed by atoms with Crippen LogP contribution in [-0.4, -0.2) is 30.6 Å². The number of sulfone groups is 1. The fraction of sp³-hybridized carbons (Fsp3) is 0.625. The van der Waals surface area contributed by atoms with Crippen molar-refractivity contribution in [3.05, 3.63) is 11.7 Å². The molecule has 0 aliphatic heterocycles. The van der Waals surface area contributed by atoms with E-state index in [-0.39, 0.29) is 5.82 Å². The summed E-state index contributed by atoms with van der Waals surface area (Å²) in [7, 11) is -3.21. The van der Waals surface area contributed by atoms with Gasteiger partial charge in [-0.05, 0) is 6.92 Å². The summed E-state index contributed by atoms with van der Waals surface area (Å²) in [5.41, 5.74) is 0. The highest BCUT2D eigenvalue weighted by atomic mass is 32.2. The quantitative estimate of drug-likeness (QED) is 0.727. The van der Waals surface area contributed by atoms with Gasteiger partial charge in [-0.3, -0.25) is 0 Å². The second-order valence-corrected chi connectivity index (χ2v) is 6.52. The summed E-state index contributed by atoms with van der Waals surface area (Å²) in [4.78, 5) is 3.96. The molecule has 0 fully saturated rings. The fourth-order valence-electron chi connectivity index (χ4n) is 0.867. The molecule has 0 aliphatic rings. The van der Waals surface area contributed by atoms with Crippen LogP contribution < -0.4 is 0 Å². The zero-order valence-electron chi connectivity index (χ0n) is 8.87. The fourth-order valence-corrected chi connectivity index (χ4v) is 1.83. The van der Waals surface area contributed by atoms with E-state index in [9.17, 15) is 8.42 Å². The molecule has 0 bridgehead atoms. The molecule has 16 heavy (non-hydrogen) atoms. The third-order valence-corrected chi connectivity index (χ3v) is 4.16. The maximum Gasteiger partial charge on any atom is 0.236 e. The molecule has 0 aliphatic carbocycles. The normalized spacial score (nSPS) is 13.3. The lowest BCUT2D eigenvalue weighted by Crippen LogP contribution is -2.09. The van der Waals surface area contributed by atoms with Crippen molar-refractivity contribution in [2.45, 2.75) is 17.9 Å². The average molecular weight is 261 g/mol. The van der Waals surface area contributed by atoms with Crippen molar-refractivity contribution in [1.82, 2.24) is 10.1 Å². The Balaban J connectivity index is 2.69. The van der Waals surface area contributed by atoms with Gasteiger partial charge in [0.15, 0.2) is 15.7 Å². The minimum absolute atomic E-state index is 0.162. The first-order valence-corrected chi connectivity index (χ1v) is 7.52. The van der Waals surface area contributed by atoms with Gasteiger partial charge in [0.05, 0.1) is 17.6 Å². The van der Waals surface area contributed by atoms with Gasteiger partial charge in [0.2, 0.25) is 5.89 Å². The maximum atomic E-state index is 11.2. The third-order valence-electron chi connectivity index (χ3n) is 1.88. The van der Waals surface area contributed by atoms with Crippen molar-refractivity contribution in [2.75, 3.05) is 12.0 Å². The van der Waals surface area contributed by atoms with E-state index in [2.05, 4.69) is 10.1 Å². The summed E-state index contributed by atoms with van der Waals surface area (Å²) in [6.45, 7) is 1.51. The standard InChI is InChI=1S/C8H11N3O3S2/c1-6(16(2,12)13)8-10-7(14-11-8)5-15-4-3-9/h6H,4-5H2,1-2H3. The Morgan fingerprint density at radius 1 is 1.62 bits per heavy atom. The molecule has 0 amide bonds. The second kappa shape index (κ2) is 5.32. The minimum Gasteiger partial charge on any atom is -0.338 e. The minimum atomic E-state index is -3.21. The molecular weight excluding hydrogens is 250 g/mol. The number of nitrogens with zero attached hydrogens (tertiary/aromatic N) is 3. The maximum absolute atomic E-state index is 11.2. The van der Waals surface area contributed by atoms with E-state index in [1.165, 1.54) is 18.7 Å². The molecule has 0 radical (unpaired) electrons. The average Bonchev–Trinajstić information content (AvgIpc) is 2.64. The highest BCUT2D eigenvalue weighted by Gasteiger charge is 2.22. The number of thioether (sulfide) groups is 1. The molecule has 0 saturated heterocycles. The Hall–Kier alpha value is -1.07. The van der Waals surface area contributed by atoms with Gasteiger partial charge < -0.3 is 4.52 Å². The molecule has 8 heteroatoms. The summed E-state index contributed by atoms with van der Waals surface area (Å²) in [6, 6.07) is 1.97. The highest BCUT2D eigenvalue weighted by Crippen LogP contribution is 2.19. The summed E-state index contributed by atoms with van der Waals surface area (Å²) in [6.07, 6.45) is 1.12. The Labute approximate surface area is 97.9 Å². The number of aromatic nitrogens is 2. The van der Waals surface area contributed by atoms with Gasteiger partial charge in [-0.15, -0.1) is 11.8 Å². The van der Waals surface area contributed by atoms with E-state index in [0.29, 0.717) is 17.4 Å². The number of hydrogen-bond acceptors (Lipinski definition) is 7. The van der Waals surface area contributed by atoms with Crippen LogP contribution in [0.2, 0.25) is 0 Å². The first-order valence-electron chi connectivity index (χ1n) is 4.41. The van der Waals surface area contributed by atoms with E-state index >= 15 is 0 Å². The highest BCUT2D eigenvalue weighted by molar-refractivity contribution is 7.98. The van der Waals surface area contributed by atoms with Crippen LogP contribution in [0.3, 0.4) is 0 Å². The largest absolute Gasteiger partial charge is 0.338 e. The molecule has 0 aromatic carbocycles. The van der Waals surface area contributed by atoms with Gasteiger partial charge in [-0.1, -0.05) is 5.16 Å². The van der Waals surface area contributed by atoms with Crippen LogP contribution in [0, 0.1) is 11.3 Å². The van der Waals surface area contributed by atoms with E-state index in [4.69, 9.17) is 9.78 Å². The van der Waals surface area contributed by atoms with E-state index in [1.807, 2.05) is 6.07 Å². The SMILES string of the molecule is CC(c1noc(CSCC#N)n1)S(C)(=O)=O. The Kier molecular flexibility index (Phi) is 4.32. The van der Waals surface area contributed by atoms with Crippen molar-refractivity contribution in [2.24, 2.45) is 0 Å². The van der Waals surface area contributed by atoms with Crippen LogP contribution in [-0.2, 0) is 15.6 Å². The molecule has 6 nitrogen and oxygen atoms in total. The van der Waals surface area contributed by atoms with Gasteiger partial charge >= 0.3 is 0 Å². The van der Waals surface area contributed by atoms with E-state index < -0.39 is 15.1 Å². The molecule has 0 N–H and O–H groups in total. The van der Waals surface area contributed by atoms with Gasteiger partial charge in [0.1, 0.15) is 5.25 Å². The van der Waals surface area contributed by atoms with Gasteiger partial charge in [-0.2, -0.15) is 10.2 Å². The van der Waals surface area contributed by atoms with Crippen LogP contribution in [0.4, 0.5) is 0 Å². The molecule has 0 spiro atoms. The van der Waals surface area contributed by atoms with Crippen LogP contribution in [0.15, 0.2) is 4.52 Å². The summed E-state index contributed by atoms with van der Waals surface area (Å²) < 4.78 is 27.3. The van der Waals surface area contributed by atoms with Crippen LogP contribution in [0.5, 0.6) is 0 Å². The summed E-state index contributed by atoms with van der Waals surface area (Å²) >= 11 is 1.33. The van der Waals surface area contributed by atoms with Crippen molar-refractivity contribution in [3.8, 4) is 6.07 Å². The lowest BCUT2D eigenvalue weighted by Gasteiger charge is -2.01. The lowest BCUT2D eigenvalue weighted by atomic mass is 10.4. The molecule has 1 atom stereocenters. The molecule has 0 saturated carbocycles. The monoisotopic (exact) mass is 261 g/mol. The molecule has 1 aromatic rings. The Morgan fingerprint density at radius 2 is 2.31 bits per heavy atom. The van der Waals surface area contributed by atoms with Crippen molar-refractivity contribution in [3.63, 3.8) is 0 Å². The van der Waals surface area contributed by atoms with Crippen LogP contribution >= 0.6 is 11.8 Å². The predicted molar refractivity (Wildman–Crippen MR) is 59.3 cm³/mol. The van der Waals surface area contributed by atoms with Gasteiger partial charge in [0.25, 0.3) is 0 Å². The molecule has 1 aromatic heterocycles. The van der Waals surface area contributed by atoms with E-state index in [1.54, 1.807) is 0 Å². The van der Waals surface area contributed by atoms with Gasteiger partial charge in [-0.25, -0.2) is 8.42 Å². The third kappa shape index (κ3) is 3.50. The first-order chi connectivity index (χ1) is 7.45. The molecule has 88 valence electrons. The molecule has 1 unspecified atom stereocenters. The van der Waals surface area contributed by atoms with Crippen molar-refractivity contribution >= 4 is 21.6 Å². The van der Waals surface area contributed by atoms with Crippen molar-refractivity contribution < 1.29 is 12.9 Å². The molecule has 1 rings (SSSR count). The molecular formula is C8H11N3O3S2. The smallest absolute Gasteiger partial charge is 0.236 e. The van der Waals surface area contributed by atoms with Crippen molar-refractivity contribution in [1.29, 1.82) is 5.26 Å². The molecule has 1 heterocycles. The summed E-state index contributed by atoms with van der Waals surface area (Å²) in [5.74, 6) is 1.25. The Bertz CT molecular complexity index is 489. The number of hydrogen-bond donors (Lipinski definition) is 0. The summed E-state index contributed by atoms with van der Waals surface area (Å²) in [5, 5.41) is 11.2. The second-order valence-electron chi connectivity index (χ2n) is 3.17. The number of nitriles is 1. The van der Waals surface area contributed by atoms with E-state index in [0.717, 1.165) is 6.26 Å². The zero-order valence-corrected chi connectivity index (χ0v) is 10.5. The zero-order chi connectivity index (χ0) is 12.2. The topological polar surface area (TPSA) is 96.8 Å². The Morgan fingerprint density at radius 3 is 2.88 bits per heavy atom. The first kappa shape index (κ1) is 13.0. The van der Waals surface area contributed by atoms with Gasteiger partial charge in [0, 0.05) is 6.26 Å².